The van der Waals surface area contributed by atoms with Gasteiger partial charge >= 0.3 is 0 Å². The number of amides is 1. The number of pyridine rings is 1. The fourth-order valence-electron chi connectivity index (χ4n) is 2.26. The van der Waals surface area contributed by atoms with Crippen LogP contribution in [0, 0.1) is 0 Å². The lowest BCUT2D eigenvalue weighted by molar-refractivity contribution is -0.135. The number of benzene rings is 1. The van der Waals surface area contributed by atoms with Gasteiger partial charge in [-0.3, -0.25) is 9.78 Å². The Kier molecular flexibility index (Phi) is 4.86. The average molecular weight is 455 g/mol. The fourth-order valence-corrected chi connectivity index (χ4v) is 3.19. The van der Waals surface area contributed by atoms with Crippen LogP contribution in [0.25, 0.3) is 0 Å². The van der Waals surface area contributed by atoms with E-state index in [9.17, 15) is 4.79 Å². The number of halogens is 2. The van der Waals surface area contributed by atoms with Crippen molar-refractivity contribution in [3.63, 3.8) is 0 Å². The topological polar surface area (TPSA) is 64.0 Å². The molecule has 0 fully saturated rings. The van der Waals surface area contributed by atoms with E-state index >= 15 is 0 Å². The number of carbonyl (C=O) groups is 1. The van der Waals surface area contributed by atoms with Crippen LogP contribution in [0.3, 0.4) is 0 Å². The van der Waals surface area contributed by atoms with Crippen molar-refractivity contribution in [1.29, 1.82) is 0 Å². The molecule has 1 aromatic heterocycles. The Morgan fingerprint density at radius 1 is 1.29 bits per heavy atom. The molecule has 1 amide bonds. The third-order valence-corrected chi connectivity index (χ3v) is 4.43. The first-order valence-corrected chi connectivity index (χ1v) is 8.57. The zero-order chi connectivity index (χ0) is 17.3. The summed E-state index contributed by atoms with van der Waals surface area (Å²) in [6, 6.07) is 7.30. The maximum atomic E-state index is 11.9. The molecule has 0 spiro atoms. The summed E-state index contributed by atoms with van der Waals surface area (Å²) >= 11 is 6.81. The van der Waals surface area contributed by atoms with Crippen molar-refractivity contribution in [2.45, 2.75) is 13.2 Å². The van der Waals surface area contributed by atoms with E-state index in [0.717, 1.165) is 20.1 Å². The predicted molar refractivity (Wildman–Crippen MR) is 95.5 cm³/mol. The second kappa shape index (κ2) is 6.90. The molecule has 2 aromatic rings. The molecule has 0 bridgehead atoms. The molecule has 6 nitrogen and oxygen atoms in total. The van der Waals surface area contributed by atoms with Crippen molar-refractivity contribution in [3.05, 3.63) is 56.7 Å². The highest BCUT2D eigenvalue weighted by Gasteiger charge is 2.33. The van der Waals surface area contributed by atoms with Gasteiger partial charge in [-0.2, -0.15) is 5.01 Å². The molecule has 1 aliphatic rings. The molecule has 2 heterocycles. The van der Waals surface area contributed by atoms with Gasteiger partial charge in [0, 0.05) is 34.9 Å². The normalized spacial score (nSPS) is 16.6. The van der Waals surface area contributed by atoms with Crippen LogP contribution in [0.15, 0.2) is 50.7 Å². The molecule has 24 heavy (non-hydrogen) atoms. The molecule has 0 saturated heterocycles. The molecule has 1 atom stereocenters. The van der Waals surface area contributed by atoms with E-state index in [2.05, 4.69) is 41.9 Å². The number of hydrazone groups is 1. The number of rotatable bonds is 3. The minimum Gasteiger partial charge on any atom is -0.496 e. The van der Waals surface area contributed by atoms with Gasteiger partial charge in [-0.1, -0.05) is 0 Å². The summed E-state index contributed by atoms with van der Waals surface area (Å²) in [6.45, 7) is 1.44. The number of carbonyl (C=O) groups excluding carboxylic acids is 1. The van der Waals surface area contributed by atoms with Crippen molar-refractivity contribution in [1.82, 2.24) is 9.99 Å². The maximum Gasteiger partial charge on any atom is 0.243 e. The van der Waals surface area contributed by atoms with Crippen LogP contribution in [-0.4, -0.2) is 28.9 Å². The lowest BCUT2D eigenvalue weighted by atomic mass is 10.2. The summed E-state index contributed by atoms with van der Waals surface area (Å²) in [6.07, 6.45) is 2.66. The monoisotopic (exact) mass is 453 g/mol. The summed E-state index contributed by atoms with van der Waals surface area (Å²) in [7, 11) is 1.59. The van der Waals surface area contributed by atoms with Gasteiger partial charge in [-0.15, -0.1) is 5.10 Å². The molecule has 8 heteroatoms. The van der Waals surface area contributed by atoms with E-state index in [1.54, 1.807) is 25.6 Å². The van der Waals surface area contributed by atoms with Gasteiger partial charge in [-0.05, 0) is 56.1 Å². The van der Waals surface area contributed by atoms with Gasteiger partial charge in [-0.25, -0.2) is 0 Å². The van der Waals surface area contributed by atoms with Crippen LogP contribution < -0.4 is 4.74 Å². The predicted octanol–water partition coefficient (Wildman–Crippen LogP) is 3.85. The highest BCUT2D eigenvalue weighted by molar-refractivity contribution is 9.10. The number of nitrogens with zero attached hydrogens (tertiary/aromatic N) is 3. The van der Waals surface area contributed by atoms with E-state index < -0.39 is 6.23 Å². The molecular weight excluding hydrogens is 442 g/mol. The smallest absolute Gasteiger partial charge is 0.243 e. The lowest BCUT2D eigenvalue weighted by Crippen LogP contribution is -2.25. The zero-order valence-electron chi connectivity index (χ0n) is 12.9. The van der Waals surface area contributed by atoms with Crippen LogP contribution >= 0.6 is 31.9 Å². The first kappa shape index (κ1) is 16.9. The second-order valence-electron chi connectivity index (χ2n) is 5.02. The van der Waals surface area contributed by atoms with Gasteiger partial charge in [0.2, 0.25) is 18.0 Å². The Balaban J connectivity index is 1.95. The van der Waals surface area contributed by atoms with Gasteiger partial charge in [0.1, 0.15) is 5.75 Å². The van der Waals surface area contributed by atoms with Crippen LogP contribution in [0.5, 0.6) is 5.75 Å². The van der Waals surface area contributed by atoms with Crippen LogP contribution in [0.1, 0.15) is 24.3 Å². The van der Waals surface area contributed by atoms with Gasteiger partial charge in [0.05, 0.1) is 11.6 Å². The summed E-state index contributed by atoms with van der Waals surface area (Å²) < 4.78 is 12.7. The molecule has 0 aliphatic carbocycles. The summed E-state index contributed by atoms with van der Waals surface area (Å²) in [5.74, 6) is 0.842. The molecular formula is C16H13Br2N3O3. The van der Waals surface area contributed by atoms with Crippen molar-refractivity contribution >= 4 is 43.7 Å². The minimum atomic E-state index is -0.650. The zero-order valence-corrected chi connectivity index (χ0v) is 16.0. The highest BCUT2D eigenvalue weighted by Crippen LogP contribution is 2.33. The number of hydrogen-bond donors (Lipinski definition) is 0. The molecule has 1 aromatic carbocycles. The quantitative estimate of drug-likeness (QED) is 0.706. The van der Waals surface area contributed by atoms with E-state index in [-0.39, 0.29) is 5.91 Å². The first-order chi connectivity index (χ1) is 11.5. The minimum absolute atomic E-state index is 0.220. The van der Waals surface area contributed by atoms with E-state index in [4.69, 9.17) is 9.47 Å². The van der Waals surface area contributed by atoms with Crippen LogP contribution in [0.4, 0.5) is 0 Å². The Hall–Kier alpha value is -1.93. The SMILES string of the molecule is COc1ccc(C2=NN(C(C)=O)[C@H](c3cncc(Br)c3)O2)cc1Br. The summed E-state index contributed by atoms with van der Waals surface area (Å²) in [5.41, 5.74) is 1.46. The van der Waals surface area contributed by atoms with Crippen LogP contribution in [-0.2, 0) is 9.53 Å². The molecule has 3 rings (SSSR count). The van der Waals surface area contributed by atoms with Gasteiger partial charge < -0.3 is 9.47 Å². The van der Waals surface area contributed by atoms with Gasteiger partial charge in [0.25, 0.3) is 0 Å². The molecule has 0 unspecified atom stereocenters. The van der Waals surface area contributed by atoms with E-state index in [1.165, 1.54) is 11.9 Å². The Morgan fingerprint density at radius 2 is 2.08 bits per heavy atom. The van der Waals surface area contributed by atoms with E-state index in [0.29, 0.717) is 11.6 Å². The van der Waals surface area contributed by atoms with E-state index in [1.807, 2.05) is 18.2 Å². The Labute approximate surface area is 155 Å². The first-order valence-electron chi connectivity index (χ1n) is 6.99. The van der Waals surface area contributed by atoms with Crippen molar-refractivity contribution in [3.8, 4) is 5.75 Å². The Morgan fingerprint density at radius 3 is 2.71 bits per heavy atom. The number of ether oxygens (including phenoxy) is 2. The second-order valence-corrected chi connectivity index (χ2v) is 6.79. The maximum absolute atomic E-state index is 11.9. The third kappa shape index (κ3) is 3.29. The molecule has 0 saturated carbocycles. The molecule has 1 aliphatic heterocycles. The molecule has 0 radical (unpaired) electrons. The Bertz CT molecular complexity index is 826. The summed E-state index contributed by atoms with van der Waals surface area (Å²) in [4.78, 5) is 16.1. The van der Waals surface area contributed by atoms with Crippen molar-refractivity contribution < 1.29 is 14.3 Å². The number of hydrogen-bond acceptors (Lipinski definition) is 5. The van der Waals surface area contributed by atoms with Crippen LogP contribution in [0.2, 0.25) is 0 Å². The number of methoxy groups -OCH3 is 1. The molecule has 124 valence electrons. The highest BCUT2D eigenvalue weighted by atomic mass is 79.9. The standard InChI is InChI=1S/C16H13Br2N3O3/c1-9(22)21-16(11-5-12(17)8-19-7-11)24-15(20-21)10-3-4-14(23-2)13(18)6-10/h3-8,16H,1-2H3/t16-/m0/s1. The third-order valence-electron chi connectivity index (χ3n) is 3.38. The lowest BCUT2D eigenvalue weighted by Gasteiger charge is -2.19. The molecule has 0 N–H and O–H groups in total. The van der Waals surface area contributed by atoms with Crippen molar-refractivity contribution in [2.24, 2.45) is 5.10 Å². The number of aromatic nitrogens is 1. The summed E-state index contributed by atoms with van der Waals surface area (Å²) in [5, 5.41) is 5.62. The van der Waals surface area contributed by atoms with Gasteiger partial charge in [0.15, 0.2) is 0 Å². The largest absolute Gasteiger partial charge is 0.496 e. The van der Waals surface area contributed by atoms with Crippen molar-refractivity contribution in [2.75, 3.05) is 7.11 Å². The fraction of sp³-hybridized carbons (Fsp3) is 0.188. The average Bonchev–Trinajstić information content (AvgIpc) is 3.00.